The molecule has 4 heterocycles. The molecule has 1 aliphatic heterocycles. The Morgan fingerprint density at radius 2 is 2.10 bits per heavy atom. The van der Waals surface area contributed by atoms with Gasteiger partial charge in [-0.3, -0.25) is 4.79 Å². The molecule has 3 aromatic heterocycles. The third-order valence-electron chi connectivity index (χ3n) is 6.14. The normalized spacial score (nSPS) is 19.6. The highest BCUT2D eigenvalue weighted by atomic mass is 16.1. The van der Waals surface area contributed by atoms with Crippen LogP contribution >= 0.6 is 0 Å². The highest BCUT2D eigenvalue weighted by molar-refractivity contribution is 5.85. The van der Waals surface area contributed by atoms with Crippen LogP contribution in [0.25, 0.3) is 27.7 Å². The van der Waals surface area contributed by atoms with Gasteiger partial charge < -0.3 is 5.32 Å². The first-order chi connectivity index (χ1) is 14.5. The van der Waals surface area contributed by atoms with E-state index in [0.29, 0.717) is 11.4 Å². The van der Waals surface area contributed by atoms with Gasteiger partial charge >= 0.3 is 0 Å². The number of fused-ring (bicyclic) bond motifs is 2. The summed E-state index contributed by atoms with van der Waals surface area (Å²) in [5.74, 6) is 0. The van der Waals surface area contributed by atoms with Crippen molar-refractivity contribution in [1.29, 1.82) is 0 Å². The molecule has 1 aliphatic rings. The molecule has 1 N–H and O–H groups in total. The van der Waals surface area contributed by atoms with Crippen LogP contribution in [0.1, 0.15) is 43.5 Å². The van der Waals surface area contributed by atoms with Crippen LogP contribution in [0.15, 0.2) is 41.5 Å². The number of aryl methyl sites for hydroxylation is 2. The van der Waals surface area contributed by atoms with Gasteiger partial charge in [0, 0.05) is 17.0 Å². The summed E-state index contributed by atoms with van der Waals surface area (Å²) in [6.45, 7) is 7.11. The van der Waals surface area contributed by atoms with Crippen molar-refractivity contribution in [3.05, 3.63) is 58.3 Å². The van der Waals surface area contributed by atoms with Crippen molar-refractivity contribution in [2.75, 3.05) is 6.54 Å². The van der Waals surface area contributed by atoms with Gasteiger partial charge in [0.25, 0.3) is 5.56 Å². The van der Waals surface area contributed by atoms with Gasteiger partial charge in [0.1, 0.15) is 0 Å². The molecule has 2 atom stereocenters. The van der Waals surface area contributed by atoms with E-state index in [2.05, 4.69) is 22.3 Å². The third kappa shape index (κ3) is 3.19. The molecule has 1 saturated heterocycles. The lowest BCUT2D eigenvalue weighted by atomic mass is 9.97. The van der Waals surface area contributed by atoms with Gasteiger partial charge in [-0.05, 0) is 63.4 Å². The van der Waals surface area contributed by atoms with Gasteiger partial charge in [0.05, 0.1) is 35.2 Å². The molecular weight excluding hydrogens is 376 g/mol. The van der Waals surface area contributed by atoms with Gasteiger partial charge in [-0.2, -0.15) is 10.2 Å². The largest absolute Gasteiger partial charge is 0.314 e. The van der Waals surface area contributed by atoms with Crippen molar-refractivity contribution in [3.63, 3.8) is 0 Å². The maximum absolute atomic E-state index is 13.2. The van der Waals surface area contributed by atoms with E-state index >= 15 is 0 Å². The molecule has 1 fully saturated rings. The number of hydrogen-bond donors (Lipinski definition) is 1. The maximum atomic E-state index is 13.2. The van der Waals surface area contributed by atoms with Gasteiger partial charge in [0.15, 0.2) is 5.65 Å². The zero-order valence-electron chi connectivity index (χ0n) is 17.6. The van der Waals surface area contributed by atoms with Crippen LogP contribution in [0.4, 0.5) is 0 Å². The molecule has 5 rings (SSSR count). The number of hydrogen-bond acceptors (Lipinski definition) is 5. The first-order valence-electron chi connectivity index (χ1n) is 10.6. The average molecular weight is 403 g/mol. The van der Waals surface area contributed by atoms with Crippen molar-refractivity contribution in [3.8, 4) is 11.3 Å². The molecule has 0 saturated carbocycles. The number of rotatable bonds is 3. The van der Waals surface area contributed by atoms with Gasteiger partial charge in [-0.1, -0.05) is 13.0 Å². The Labute approximate surface area is 174 Å². The maximum Gasteiger partial charge on any atom is 0.274 e. The quantitative estimate of drug-likeness (QED) is 0.568. The minimum atomic E-state index is -0.00868. The van der Waals surface area contributed by atoms with E-state index in [1.165, 1.54) is 0 Å². The summed E-state index contributed by atoms with van der Waals surface area (Å²) in [5.41, 5.74) is 4.69. The fourth-order valence-corrected chi connectivity index (χ4v) is 4.49. The molecule has 154 valence electrons. The van der Waals surface area contributed by atoms with E-state index in [0.717, 1.165) is 59.4 Å². The Bertz CT molecular complexity index is 1300. The minimum Gasteiger partial charge on any atom is -0.314 e. The standard InChI is InChI=1S/C23H26N6O/c1-4-18-11-19(7-8-24-18)29-23(30)20-6-5-16(10-17(20)12-25-29)21-9-14(2)22-26-15(3)13-28(22)27-21/h5-6,9-10,12-13,18-19,24H,4,7-8,11H2,1-3H3. The smallest absolute Gasteiger partial charge is 0.274 e. The van der Waals surface area contributed by atoms with Crippen LogP contribution in [0.3, 0.4) is 0 Å². The van der Waals surface area contributed by atoms with Crippen molar-refractivity contribution < 1.29 is 0 Å². The van der Waals surface area contributed by atoms with Crippen molar-refractivity contribution in [2.45, 2.75) is 52.1 Å². The first kappa shape index (κ1) is 18.9. The third-order valence-corrected chi connectivity index (χ3v) is 6.14. The lowest BCUT2D eigenvalue weighted by molar-refractivity contribution is 0.273. The SMILES string of the molecule is CCC1CC(n2ncc3cc(-c4cc(C)c5nc(C)cn5n4)ccc3c2=O)CCN1. The van der Waals surface area contributed by atoms with E-state index in [4.69, 9.17) is 5.10 Å². The predicted molar refractivity (Wildman–Crippen MR) is 118 cm³/mol. The lowest BCUT2D eigenvalue weighted by Gasteiger charge is -2.30. The van der Waals surface area contributed by atoms with E-state index in [9.17, 15) is 4.79 Å². The van der Waals surface area contributed by atoms with Crippen LogP contribution in [0.5, 0.6) is 0 Å². The summed E-state index contributed by atoms with van der Waals surface area (Å²) in [4.78, 5) is 17.7. The highest BCUT2D eigenvalue weighted by Gasteiger charge is 2.23. The first-order valence-corrected chi connectivity index (χ1v) is 10.6. The Hall–Kier alpha value is -3.06. The lowest BCUT2D eigenvalue weighted by Crippen LogP contribution is -2.41. The van der Waals surface area contributed by atoms with Crippen LogP contribution in [0.2, 0.25) is 0 Å². The average Bonchev–Trinajstić information content (AvgIpc) is 3.14. The Morgan fingerprint density at radius 3 is 2.93 bits per heavy atom. The number of nitrogens with one attached hydrogen (secondary N) is 1. The number of benzene rings is 1. The van der Waals surface area contributed by atoms with Gasteiger partial charge in [0.2, 0.25) is 0 Å². The molecule has 7 nitrogen and oxygen atoms in total. The summed E-state index contributed by atoms with van der Waals surface area (Å²) in [7, 11) is 0. The number of aromatic nitrogens is 5. The molecular formula is C23H26N6O. The molecule has 30 heavy (non-hydrogen) atoms. The van der Waals surface area contributed by atoms with Crippen molar-refractivity contribution in [2.24, 2.45) is 0 Å². The molecule has 7 heteroatoms. The van der Waals surface area contributed by atoms with Crippen LogP contribution in [-0.2, 0) is 0 Å². The number of imidazole rings is 1. The van der Waals surface area contributed by atoms with Crippen molar-refractivity contribution >= 4 is 16.4 Å². The van der Waals surface area contributed by atoms with Gasteiger partial charge in [-0.25, -0.2) is 14.2 Å². The van der Waals surface area contributed by atoms with E-state index in [1.54, 1.807) is 4.68 Å². The molecule has 0 bridgehead atoms. The zero-order chi connectivity index (χ0) is 20.8. The van der Waals surface area contributed by atoms with Crippen LogP contribution in [-0.4, -0.2) is 37.0 Å². The van der Waals surface area contributed by atoms with E-state index in [1.807, 2.05) is 55.0 Å². The monoisotopic (exact) mass is 402 g/mol. The number of piperidine rings is 1. The fourth-order valence-electron chi connectivity index (χ4n) is 4.49. The summed E-state index contributed by atoms with van der Waals surface area (Å²) in [6.07, 6.45) is 6.68. The molecule has 2 unspecified atom stereocenters. The zero-order valence-corrected chi connectivity index (χ0v) is 17.6. The summed E-state index contributed by atoms with van der Waals surface area (Å²) >= 11 is 0. The van der Waals surface area contributed by atoms with Crippen LogP contribution in [0, 0.1) is 13.8 Å². The second-order valence-corrected chi connectivity index (χ2v) is 8.30. The summed E-state index contributed by atoms with van der Waals surface area (Å²) < 4.78 is 3.51. The van der Waals surface area contributed by atoms with Gasteiger partial charge in [-0.15, -0.1) is 0 Å². The Kier molecular flexibility index (Phi) is 4.62. The topological polar surface area (TPSA) is 77.1 Å². The van der Waals surface area contributed by atoms with E-state index < -0.39 is 0 Å². The van der Waals surface area contributed by atoms with E-state index in [-0.39, 0.29) is 11.6 Å². The summed E-state index contributed by atoms with van der Waals surface area (Å²) in [5, 5.41) is 14.3. The predicted octanol–water partition coefficient (Wildman–Crippen LogP) is 3.43. The van der Waals surface area contributed by atoms with Crippen LogP contribution < -0.4 is 10.9 Å². The second-order valence-electron chi connectivity index (χ2n) is 8.30. The molecule has 0 aliphatic carbocycles. The molecule has 0 amide bonds. The second kappa shape index (κ2) is 7.32. The highest BCUT2D eigenvalue weighted by Crippen LogP contribution is 2.25. The molecule has 0 spiro atoms. The Balaban J connectivity index is 1.55. The Morgan fingerprint density at radius 1 is 1.23 bits per heavy atom. The molecule has 0 radical (unpaired) electrons. The fraction of sp³-hybridized carbons (Fsp3) is 0.391. The summed E-state index contributed by atoms with van der Waals surface area (Å²) in [6, 6.07) is 8.53. The van der Waals surface area contributed by atoms with Crippen molar-refractivity contribution in [1.82, 2.24) is 29.7 Å². The minimum absolute atomic E-state index is 0.00868. The number of nitrogens with zero attached hydrogens (tertiary/aromatic N) is 5. The molecule has 1 aromatic carbocycles. The molecule has 4 aromatic rings.